The molecule has 2 rings (SSSR count). The summed E-state index contributed by atoms with van der Waals surface area (Å²) in [5.41, 5.74) is 0.860. The Morgan fingerprint density at radius 1 is 1.20 bits per heavy atom. The molecule has 0 saturated carbocycles. The third-order valence-corrected chi connectivity index (χ3v) is 3.98. The van der Waals surface area contributed by atoms with E-state index in [1.54, 1.807) is 25.1 Å². The molecule has 0 atom stereocenters. The predicted octanol–water partition coefficient (Wildman–Crippen LogP) is 4.01. The normalized spacial score (nSPS) is 10.2. The minimum Gasteiger partial charge on any atom is -0.452 e. The summed E-state index contributed by atoms with van der Waals surface area (Å²) in [7, 11) is 0. The van der Waals surface area contributed by atoms with E-state index in [4.69, 9.17) is 27.9 Å². The van der Waals surface area contributed by atoms with Gasteiger partial charge in [0.1, 0.15) is 0 Å². The van der Waals surface area contributed by atoms with Gasteiger partial charge in [0.2, 0.25) is 0 Å². The number of non-ortho nitro benzene ring substituents is 1. The van der Waals surface area contributed by atoms with Gasteiger partial charge in [-0.15, -0.1) is 0 Å². The highest BCUT2D eigenvalue weighted by atomic mass is 35.5. The van der Waals surface area contributed by atoms with E-state index in [-0.39, 0.29) is 16.3 Å². The number of benzene rings is 2. The molecule has 0 fully saturated rings. The van der Waals surface area contributed by atoms with Crippen molar-refractivity contribution >= 4 is 46.5 Å². The van der Waals surface area contributed by atoms with E-state index < -0.39 is 23.4 Å². The lowest BCUT2D eigenvalue weighted by Crippen LogP contribution is -2.21. The van der Waals surface area contributed by atoms with Crippen LogP contribution in [0.2, 0.25) is 10.0 Å². The molecular weight excluding hydrogens is 371 g/mol. The van der Waals surface area contributed by atoms with Crippen molar-refractivity contribution in [3.63, 3.8) is 0 Å². The van der Waals surface area contributed by atoms with Crippen LogP contribution in [0.5, 0.6) is 0 Å². The van der Waals surface area contributed by atoms with E-state index in [9.17, 15) is 19.7 Å². The number of nitro benzene ring substituents is 1. The summed E-state index contributed by atoms with van der Waals surface area (Å²) in [6.45, 7) is 1.19. The van der Waals surface area contributed by atoms with Crippen molar-refractivity contribution in [1.29, 1.82) is 0 Å². The summed E-state index contributed by atoms with van der Waals surface area (Å²) in [6, 6.07) is 8.35. The minimum absolute atomic E-state index is 0.0704. The SMILES string of the molecule is Cc1c(Cl)cccc1NC(=O)COC(=O)c1ccc([N+](=O)[O-])cc1Cl. The number of carbonyl (C=O) groups excluding carboxylic acids is 2. The number of nitro groups is 1. The smallest absolute Gasteiger partial charge is 0.340 e. The lowest BCUT2D eigenvalue weighted by atomic mass is 10.2. The minimum atomic E-state index is -0.863. The van der Waals surface area contributed by atoms with Gasteiger partial charge in [0.05, 0.1) is 15.5 Å². The van der Waals surface area contributed by atoms with Crippen LogP contribution in [0, 0.1) is 17.0 Å². The number of hydrogen-bond donors (Lipinski definition) is 1. The second-order valence-electron chi connectivity index (χ2n) is 4.96. The quantitative estimate of drug-likeness (QED) is 0.478. The average molecular weight is 383 g/mol. The van der Waals surface area contributed by atoms with Crippen LogP contribution in [0.1, 0.15) is 15.9 Å². The first-order chi connectivity index (χ1) is 11.8. The molecular formula is C16H12Cl2N2O5. The molecule has 0 heterocycles. The number of rotatable bonds is 5. The molecule has 130 valence electrons. The number of ether oxygens (including phenoxy) is 1. The van der Waals surface area contributed by atoms with Crippen LogP contribution in [0.4, 0.5) is 11.4 Å². The fourth-order valence-corrected chi connectivity index (χ4v) is 2.35. The van der Waals surface area contributed by atoms with Gasteiger partial charge in [-0.1, -0.05) is 29.3 Å². The Hall–Kier alpha value is -2.64. The molecule has 2 aromatic rings. The molecule has 2 aromatic carbocycles. The maximum Gasteiger partial charge on any atom is 0.340 e. The lowest BCUT2D eigenvalue weighted by Gasteiger charge is -2.10. The van der Waals surface area contributed by atoms with Crippen LogP contribution in [-0.2, 0) is 9.53 Å². The van der Waals surface area contributed by atoms with E-state index >= 15 is 0 Å². The second kappa shape index (κ2) is 7.96. The second-order valence-corrected chi connectivity index (χ2v) is 5.77. The maximum atomic E-state index is 11.9. The number of amides is 1. The predicted molar refractivity (Wildman–Crippen MR) is 93.2 cm³/mol. The number of nitrogens with zero attached hydrogens (tertiary/aromatic N) is 1. The van der Waals surface area contributed by atoms with Crippen molar-refractivity contribution in [3.8, 4) is 0 Å². The largest absolute Gasteiger partial charge is 0.452 e. The molecule has 0 unspecified atom stereocenters. The third kappa shape index (κ3) is 4.68. The number of hydrogen-bond acceptors (Lipinski definition) is 5. The van der Waals surface area contributed by atoms with Gasteiger partial charge in [0.25, 0.3) is 11.6 Å². The van der Waals surface area contributed by atoms with Gasteiger partial charge in [-0.2, -0.15) is 0 Å². The van der Waals surface area contributed by atoms with Crippen molar-refractivity contribution in [1.82, 2.24) is 0 Å². The fraction of sp³-hybridized carbons (Fsp3) is 0.125. The summed E-state index contributed by atoms with van der Waals surface area (Å²) in [6.07, 6.45) is 0. The molecule has 1 N–H and O–H groups in total. The zero-order valence-electron chi connectivity index (χ0n) is 12.9. The van der Waals surface area contributed by atoms with Gasteiger partial charge in [0.15, 0.2) is 6.61 Å². The summed E-state index contributed by atoms with van der Waals surface area (Å²) in [5.74, 6) is -1.42. The van der Waals surface area contributed by atoms with E-state index in [0.29, 0.717) is 16.3 Å². The van der Waals surface area contributed by atoms with Gasteiger partial charge in [-0.05, 0) is 30.7 Å². The maximum absolute atomic E-state index is 11.9. The highest BCUT2D eigenvalue weighted by Gasteiger charge is 2.17. The molecule has 1 amide bonds. The first-order valence-electron chi connectivity index (χ1n) is 6.95. The Kier molecular flexibility index (Phi) is 5.95. The summed E-state index contributed by atoms with van der Waals surface area (Å²) >= 11 is 11.8. The van der Waals surface area contributed by atoms with Crippen LogP contribution in [0.3, 0.4) is 0 Å². The molecule has 7 nitrogen and oxygen atoms in total. The van der Waals surface area contributed by atoms with Gasteiger partial charge < -0.3 is 10.1 Å². The van der Waals surface area contributed by atoms with Gasteiger partial charge >= 0.3 is 5.97 Å². The average Bonchev–Trinajstić information content (AvgIpc) is 2.56. The van der Waals surface area contributed by atoms with Crippen molar-refractivity contribution in [2.45, 2.75) is 6.92 Å². The number of nitrogens with one attached hydrogen (secondary N) is 1. The molecule has 0 aromatic heterocycles. The van der Waals surface area contributed by atoms with Crippen LogP contribution in [-0.4, -0.2) is 23.4 Å². The van der Waals surface area contributed by atoms with Crippen molar-refractivity contribution in [2.75, 3.05) is 11.9 Å². The van der Waals surface area contributed by atoms with E-state index in [1.165, 1.54) is 6.07 Å². The Morgan fingerprint density at radius 3 is 2.56 bits per heavy atom. The molecule has 0 radical (unpaired) electrons. The van der Waals surface area contributed by atoms with Crippen molar-refractivity contribution in [2.24, 2.45) is 0 Å². The number of halogens is 2. The zero-order valence-corrected chi connectivity index (χ0v) is 14.4. The molecule has 25 heavy (non-hydrogen) atoms. The summed E-state index contributed by atoms with van der Waals surface area (Å²) in [4.78, 5) is 33.8. The van der Waals surface area contributed by atoms with Crippen molar-refractivity contribution in [3.05, 3.63) is 67.7 Å². The molecule has 0 saturated heterocycles. The lowest BCUT2D eigenvalue weighted by molar-refractivity contribution is -0.384. The molecule has 0 aliphatic carbocycles. The van der Waals surface area contributed by atoms with E-state index in [2.05, 4.69) is 5.32 Å². The third-order valence-electron chi connectivity index (χ3n) is 3.26. The van der Waals surface area contributed by atoms with Gasteiger partial charge in [-0.3, -0.25) is 14.9 Å². The van der Waals surface area contributed by atoms with Crippen molar-refractivity contribution < 1.29 is 19.2 Å². The monoisotopic (exact) mass is 382 g/mol. The van der Waals surface area contributed by atoms with Gasteiger partial charge in [0, 0.05) is 22.8 Å². The summed E-state index contributed by atoms with van der Waals surface area (Å²) in [5, 5.41) is 13.6. The van der Waals surface area contributed by atoms with Crippen LogP contribution < -0.4 is 5.32 Å². The molecule has 0 aliphatic rings. The highest BCUT2D eigenvalue weighted by Crippen LogP contribution is 2.24. The van der Waals surface area contributed by atoms with Crippen LogP contribution in [0.15, 0.2) is 36.4 Å². The molecule has 0 bridgehead atoms. The topological polar surface area (TPSA) is 98.5 Å². The van der Waals surface area contributed by atoms with E-state index in [0.717, 1.165) is 12.1 Å². The highest BCUT2D eigenvalue weighted by molar-refractivity contribution is 6.33. The molecule has 9 heteroatoms. The first-order valence-corrected chi connectivity index (χ1v) is 7.71. The van der Waals surface area contributed by atoms with Crippen LogP contribution >= 0.6 is 23.2 Å². The summed E-state index contributed by atoms with van der Waals surface area (Å²) < 4.78 is 4.88. The Morgan fingerprint density at radius 2 is 1.92 bits per heavy atom. The standard InChI is InChI=1S/C16H12Cl2N2O5/c1-9-12(17)3-2-4-14(9)19-15(21)8-25-16(22)11-6-5-10(20(23)24)7-13(11)18/h2-7H,8H2,1H3,(H,19,21). The van der Waals surface area contributed by atoms with Crippen LogP contribution in [0.25, 0.3) is 0 Å². The zero-order chi connectivity index (χ0) is 18.6. The first kappa shape index (κ1) is 18.7. The number of carbonyl (C=O) groups is 2. The number of esters is 1. The van der Waals surface area contributed by atoms with E-state index in [1.807, 2.05) is 0 Å². The Labute approximate surface area is 152 Å². The number of anilines is 1. The van der Waals surface area contributed by atoms with Gasteiger partial charge in [-0.25, -0.2) is 4.79 Å². The fourth-order valence-electron chi connectivity index (χ4n) is 1.92. The Bertz CT molecular complexity index is 854. The Balaban J connectivity index is 1.99. The molecule has 0 aliphatic heterocycles. The molecule has 0 spiro atoms.